The lowest BCUT2D eigenvalue weighted by Gasteiger charge is -2.03. The number of amides is 1. The first-order chi connectivity index (χ1) is 16.0. The van der Waals surface area contributed by atoms with E-state index in [1.165, 1.54) is 6.08 Å². The van der Waals surface area contributed by atoms with E-state index in [-0.39, 0.29) is 5.91 Å². The molecule has 0 radical (unpaired) electrons. The molecular formula is C25H15Cl2N3O3. The van der Waals surface area contributed by atoms with Crippen molar-refractivity contribution in [2.75, 3.05) is 5.32 Å². The van der Waals surface area contributed by atoms with Gasteiger partial charge < -0.3 is 14.2 Å². The molecule has 6 nitrogen and oxygen atoms in total. The van der Waals surface area contributed by atoms with Gasteiger partial charge in [0.25, 0.3) is 0 Å². The number of rotatable bonds is 5. The molecule has 8 heteroatoms. The van der Waals surface area contributed by atoms with Crippen molar-refractivity contribution in [1.82, 2.24) is 9.97 Å². The van der Waals surface area contributed by atoms with Crippen LogP contribution in [0.2, 0.25) is 10.0 Å². The fourth-order valence-corrected chi connectivity index (χ4v) is 3.71. The molecule has 0 aliphatic heterocycles. The van der Waals surface area contributed by atoms with E-state index >= 15 is 0 Å². The number of furan rings is 1. The van der Waals surface area contributed by atoms with Crippen molar-refractivity contribution in [1.29, 1.82) is 0 Å². The number of carbonyl (C=O) groups is 1. The number of halogens is 2. The minimum atomic E-state index is -0.295. The lowest BCUT2D eigenvalue weighted by molar-refractivity contribution is -0.111. The monoisotopic (exact) mass is 475 g/mol. The molecular weight excluding hydrogens is 461 g/mol. The van der Waals surface area contributed by atoms with E-state index in [1.54, 1.807) is 60.8 Å². The summed E-state index contributed by atoms with van der Waals surface area (Å²) in [7, 11) is 0. The van der Waals surface area contributed by atoms with Crippen LogP contribution in [0.1, 0.15) is 5.76 Å². The molecule has 5 rings (SSSR count). The minimum Gasteiger partial charge on any atom is -0.457 e. The topological polar surface area (TPSA) is 81.2 Å². The smallest absolute Gasteiger partial charge is 0.248 e. The van der Waals surface area contributed by atoms with Crippen LogP contribution in [0.15, 0.2) is 87.8 Å². The second kappa shape index (κ2) is 8.94. The maximum Gasteiger partial charge on any atom is 0.248 e. The average Bonchev–Trinajstić information content (AvgIpc) is 3.45. The highest BCUT2D eigenvalue weighted by Crippen LogP contribution is 2.31. The van der Waals surface area contributed by atoms with Crippen LogP contribution in [0.5, 0.6) is 0 Å². The number of oxazole rings is 1. The number of fused-ring (bicyclic) bond motifs is 1. The van der Waals surface area contributed by atoms with Gasteiger partial charge in [0.2, 0.25) is 11.8 Å². The van der Waals surface area contributed by atoms with E-state index in [4.69, 9.17) is 32.0 Å². The second-order valence-corrected chi connectivity index (χ2v) is 7.91. The predicted octanol–water partition coefficient (Wildman–Crippen LogP) is 7.11. The van der Waals surface area contributed by atoms with E-state index in [0.29, 0.717) is 44.4 Å². The van der Waals surface area contributed by atoms with Gasteiger partial charge in [-0.1, -0.05) is 23.2 Å². The Labute approximate surface area is 198 Å². The normalized spacial score (nSPS) is 11.3. The van der Waals surface area contributed by atoms with E-state index in [0.717, 1.165) is 11.1 Å². The number of aromatic nitrogens is 2. The molecule has 0 unspecified atom stereocenters. The lowest BCUT2D eigenvalue weighted by Crippen LogP contribution is -2.07. The van der Waals surface area contributed by atoms with Crippen molar-refractivity contribution < 1.29 is 13.6 Å². The quantitative estimate of drug-likeness (QED) is 0.274. The molecule has 0 saturated carbocycles. The molecule has 2 aromatic carbocycles. The highest BCUT2D eigenvalue weighted by molar-refractivity contribution is 6.36. The molecule has 0 fully saturated rings. The Kier molecular flexibility index (Phi) is 5.69. The average molecular weight is 476 g/mol. The van der Waals surface area contributed by atoms with Gasteiger partial charge in [-0.25, -0.2) is 4.98 Å². The number of benzene rings is 2. The molecule has 0 aliphatic rings. The maximum absolute atomic E-state index is 12.3. The third-order valence-corrected chi connectivity index (χ3v) is 5.33. The molecule has 1 N–H and O–H groups in total. The third kappa shape index (κ3) is 4.67. The Hall–Kier alpha value is -3.87. The van der Waals surface area contributed by atoms with Gasteiger partial charge in [0, 0.05) is 34.1 Å². The zero-order valence-electron chi connectivity index (χ0n) is 17.0. The molecule has 0 aliphatic carbocycles. The van der Waals surface area contributed by atoms with Crippen LogP contribution in [0.25, 0.3) is 40.1 Å². The molecule has 5 aromatic rings. The van der Waals surface area contributed by atoms with Crippen molar-refractivity contribution >= 4 is 52.1 Å². The predicted molar refractivity (Wildman–Crippen MR) is 129 cm³/mol. The van der Waals surface area contributed by atoms with Crippen LogP contribution in [0.4, 0.5) is 5.69 Å². The van der Waals surface area contributed by atoms with Gasteiger partial charge >= 0.3 is 0 Å². The fourth-order valence-electron chi connectivity index (χ4n) is 3.21. The van der Waals surface area contributed by atoms with Crippen LogP contribution < -0.4 is 5.32 Å². The van der Waals surface area contributed by atoms with Crippen molar-refractivity contribution in [2.45, 2.75) is 0 Å². The molecule has 33 heavy (non-hydrogen) atoms. The van der Waals surface area contributed by atoms with Gasteiger partial charge in [-0.3, -0.25) is 4.79 Å². The number of nitrogens with zero attached hydrogens (tertiary/aromatic N) is 2. The summed E-state index contributed by atoms with van der Waals surface area (Å²) >= 11 is 12.2. The second-order valence-electron chi connectivity index (χ2n) is 7.07. The summed E-state index contributed by atoms with van der Waals surface area (Å²) in [6.45, 7) is 0. The Morgan fingerprint density at radius 2 is 1.82 bits per heavy atom. The van der Waals surface area contributed by atoms with Crippen LogP contribution >= 0.6 is 23.2 Å². The molecule has 162 valence electrons. The minimum absolute atomic E-state index is 0.295. The van der Waals surface area contributed by atoms with E-state index in [1.807, 2.05) is 18.2 Å². The van der Waals surface area contributed by atoms with Crippen LogP contribution in [0.3, 0.4) is 0 Å². The summed E-state index contributed by atoms with van der Waals surface area (Å²) in [5, 5.41) is 3.84. The Bertz CT molecular complexity index is 1450. The zero-order valence-corrected chi connectivity index (χ0v) is 18.5. The van der Waals surface area contributed by atoms with Crippen LogP contribution in [0, 0.1) is 0 Å². The van der Waals surface area contributed by atoms with Crippen LogP contribution in [-0.4, -0.2) is 15.9 Å². The maximum atomic E-state index is 12.3. The summed E-state index contributed by atoms with van der Waals surface area (Å²) < 4.78 is 11.5. The van der Waals surface area contributed by atoms with Crippen molar-refractivity contribution in [3.8, 4) is 22.8 Å². The summed E-state index contributed by atoms with van der Waals surface area (Å²) in [6.07, 6.45) is 4.64. The molecule has 0 saturated heterocycles. The first kappa shape index (κ1) is 21.0. The van der Waals surface area contributed by atoms with Crippen molar-refractivity contribution in [3.05, 3.63) is 94.8 Å². The fraction of sp³-hybridized carbons (Fsp3) is 0. The number of carbonyl (C=O) groups excluding carboxylic acids is 1. The highest BCUT2D eigenvalue weighted by atomic mass is 35.5. The summed E-state index contributed by atoms with van der Waals surface area (Å²) in [5.74, 6) is 1.28. The van der Waals surface area contributed by atoms with E-state index < -0.39 is 0 Å². The number of hydrogen-bond acceptors (Lipinski definition) is 5. The molecule has 3 aromatic heterocycles. The molecule has 0 spiro atoms. The molecule has 3 heterocycles. The molecule has 0 bridgehead atoms. The molecule has 0 atom stereocenters. The summed E-state index contributed by atoms with van der Waals surface area (Å²) in [5.41, 5.74) is 3.31. The van der Waals surface area contributed by atoms with Gasteiger partial charge in [-0.05, 0) is 72.8 Å². The number of nitrogens with one attached hydrogen (secondary N) is 1. The van der Waals surface area contributed by atoms with Gasteiger partial charge in [0.1, 0.15) is 11.5 Å². The highest BCUT2D eigenvalue weighted by Gasteiger charge is 2.10. The first-order valence-corrected chi connectivity index (χ1v) is 10.7. The van der Waals surface area contributed by atoms with Crippen LogP contribution in [-0.2, 0) is 4.79 Å². The Balaban J connectivity index is 1.24. The Morgan fingerprint density at radius 3 is 2.61 bits per heavy atom. The number of hydrogen-bond donors (Lipinski definition) is 1. The van der Waals surface area contributed by atoms with Gasteiger partial charge in [0.15, 0.2) is 11.2 Å². The van der Waals surface area contributed by atoms with Gasteiger partial charge in [-0.2, -0.15) is 4.98 Å². The van der Waals surface area contributed by atoms with E-state index in [9.17, 15) is 4.79 Å². The summed E-state index contributed by atoms with van der Waals surface area (Å²) in [4.78, 5) is 20.8. The number of pyridine rings is 1. The third-order valence-electron chi connectivity index (χ3n) is 4.79. The van der Waals surface area contributed by atoms with Gasteiger partial charge in [-0.15, -0.1) is 0 Å². The van der Waals surface area contributed by atoms with Gasteiger partial charge in [0.05, 0.1) is 5.02 Å². The van der Waals surface area contributed by atoms with Crippen molar-refractivity contribution in [3.63, 3.8) is 0 Å². The van der Waals surface area contributed by atoms with Crippen molar-refractivity contribution in [2.24, 2.45) is 0 Å². The summed E-state index contributed by atoms with van der Waals surface area (Å²) in [6, 6.07) is 19.5. The SMILES string of the molecule is O=C(C=Cc1ccc(-c2ccc(Cl)cc2Cl)o1)Nc1ccc(-c2nc3ncccc3o2)cc1. The Morgan fingerprint density at radius 1 is 0.970 bits per heavy atom. The first-order valence-electron chi connectivity index (χ1n) is 9.91. The lowest BCUT2D eigenvalue weighted by atomic mass is 10.2. The number of anilines is 1. The largest absolute Gasteiger partial charge is 0.457 e. The molecule has 1 amide bonds. The standard InChI is InChI=1S/C25H15Cl2N3O3/c26-16-5-10-19(20(27)14-16)21-11-8-18(32-21)9-12-23(31)29-17-6-3-15(4-7-17)25-30-24-22(33-25)2-1-13-28-24/h1-14H,(H,29,31). The zero-order chi connectivity index (χ0) is 22.8. The van der Waals surface area contributed by atoms with E-state index in [2.05, 4.69) is 15.3 Å².